The van der Waals surface area contributed by atoms with Gasteiger partial charge in [0, 0.05) is 5.92 Å². The van der Waals surface area contributed by atoms with Crippen LogP contribution in [0.3, 0.4) is 0 Å². The van der Waals surface area contributed by atoms with Gasteiger partial charge >= 0.3 is 0 Å². The maximum absolute atomic E-state index is 6.30. The van der Waals surface area contributed by atoms with Crippen LogP contribution in [0.25, 0.3) is 0 Å². The molecule has 0 fully saturated rings. The highest BCUT2D eigenvalue weighted by Gasteiger charge is 2.32. The second-order valence-corrected chi connectivity index (χ2v) is 5.83. The van der Waals surface area contributed by atoms with Crippen LogP contribution in [0.1, 0.15) is 72.0 Å². The minimum atomic E-state index is -0.458. The number of hydrogen-bond acceptors (Lipinski definition) is 4. The Labute approximate surface area is 110 Å². The zero-order valence-corrected chi connectivity index (χ0v) is 12.5. The Morgan fingerprint density at radius 1 is 1.11 bits per heavy atom. The molecular weight excluding hydrogens is 226 g/mol. The van der Waals surface area contributed by atoms with E-state index in [-0.39, 0.29) is 0 Å². The summed E-state index contributed by atoms with van der Waals surface area (Å²) in [5.41, 5.74) is 5.84. The number of rotatable bonds is 6. The van der Waals surface area contributed by atoms with E-state index in [2.05, 4.69) is 51.7 Å². The molecule has 0 unspecified atom stereocenters. The maximum Gasteiger partial charge on any atom is 0.230 e. The van der Waals surface area contributed by atoms with Crippen molar-refractivity contribution in [3.8, 4) is 0 Å². The Kier molecular flexibility index (Phi) is 4.91. The second kappa shape index (κ2) is 5.83. The van der Waals surface area contributed by atoms with E-state index in [0.717, 1.165) is 18.7 Å². The van der Waals surface area contributed by atoms with Gasteiger partial charge in [-0.25, -0.2) is 0 Å². The molecule has 1 aromatic rings. The lowest BCUT2D eigenvalue weighted by Gasteiger charge is -2.22. The van der Waals surface area contributed by atoms with Crippen molar-refractivity contribution in [1.82, 2.24) is 10.1 Å². The Balaban J connectivity index is 3.05. The molecule has 104 valence electrons. The smallest absolute Gasteiger partial charge is 0.230 e. The van der Waals surface area contributed by atoms with Crippen LogP contribution in [0.15, 0.2) is 4.52 Å². The van der Waals surface area contributed by atoms with Crippen molar-refractivity contribution in [1.29, 1.82) is 0 Å². The Morgan fingerprint density at radius 2 is 1.61 bits per heavy atom. The van der Waals surface area contributed by atoms with Gasteiger partial charge in [0.25, 0.3) is 0 Å². The minimum absolute atomic E-state index is 0.296. The van der Waals surface area contributed by atoms with Crippen molar-refractivity contribution in [2.24, 2.45) is 17.6 Å². The predicted octanol–water partition coefficient (Wildman–Crippen LogP) is 3.44. The Bertz CT molecular complexity index is 359. The van der Waals surface area contributed by atoms with Crippen LogP contribution in [0.4, 0.5) is 0 Å². The van der Waals surface area contributed by atoms with E-state index in [1.165, 1.54) is 0 Å². The van der Waals surface area contributed by atoms with Crippen LogP contribution in [-0.2, 0) is 5.54 Å². The van der Waals surface area contributed by atoms with Gasteiger partial charge in [-0.2, -0.15) is 4.98 Å². The molecule has 0 radical (unpaired) electrons. The summed E-state index contributed by atoms with van der Waals surface area (Å²) in [4.78, 5) is 4.56. The zero-order chi connectivity index (χ0) is 13.9. The largest absolute Gasteiger partial charge is 0.339 e. The first-order valence-electron chi connectivity index (χ1n) is 6.98. The van der Waals surface area contributed by atoms with Gasteiger partial charge in [0.2, 0.25) is 5.89 Å². The summed E-state index contributed by atoms with van der Waals surface area (Å²) in [5, 5.41) is 4.10. The summed E-state index contributed by atoms with van der Waals surface area (Å²) in [7, 11) is 0. The van der Waals surface area contributed by atoms with Crippen molar-refractivity contribution in [3.05, 3.63) is 11.7 Å². The van der Waals surface area contributed by atoms with Crippen LogP contribution in [0.5, 0.6) is 0 Å². The van der Waals surface area contributed by atoms with Gasteiger partial charge in [-0.15, -0.1) is 0 Å². The molecule has 0 saturated heterocycles. The molecule has 0 aliphatic rings. The molecule has 2 N–H and O–H groups in total. The molecule has 0 amide bonds. The van der Waals surface area contributed by atoms with Gasteiger partial charge in [0.15, 0.2) is 5.82 Å². The Morgan fingerprint density at radius 3 is 2.00 bits per heavy atom. The number of nitrogens with zero attached hydrogens (tertiary/aromatic N) is 2. The SMILES string of the molecule is CCC(N)(CC)c1noc(C(C(C)C)C(C)C)n1. The molecule has 0 bridgehead atoms. The summed E-state index contributed by atoms with van der Waals surface area (Å²) in [5.74, 6) is 2.63. The monoisotopic (exact) mass is 253 g/mol. The fourth-order valence-electron chi connectivity index (χ4n) is 2.48. The predicted molar refractivity (Wildman–Crippen MR) is 73.2 cm³/mol. The Hall–Kier alpha value is -0.900. The molecule has 0 aromatic carbocycles. The van der Waals surface area contributed by atoms with Crippen LogP contribution in [0, 0.1) is 11.8 Å². The number of nitrogens with two attached hydrogens (primary N) is 1. The van der Waals surface area contributed by atoms with Gasteiger partial charge in [-0.1, -0.05) is 46.7 Å². The highest BCUT2D eigenvalue weighted by atomic mass is 16.5. The third-order valence-electron chi connectivity index (χ3n) is 3.87. The quantitative estimate of drug-likeness (QED) is 0.843. The summed E-state index contributed by atoms with van der Waals surface area (Å²) in [6.45, 7) is 12.9. The van der Waals surface area contributed by atoms with Crippen LogP contribution in [-0.4, -0.2) is 10.1 Å². The topological polar surface area (TPSA) is 64.9 Å². The lowest BCUT2D eigenvalue weighted by atomic mass is 9.85. The van der Waals surface area contributed by atoms with E-state index in [1.807, 2.05) is 0 Å². The number of aromatic nitrogens is 2. The van der Waals surface area contributed by atoms with E-state index in [4.69, 9.17) is 10.3 Å². The first kappa shape index (κ1) is 15.2. The molecule has 1 aromatic heterocycles. The summed E-state index contributed by atoms with van der Waals surface area (Å²) < 4.78 is 5.46. The van der Waals surface area contributed by atoms with Gasteiger partial charge < -0.3 is 10.3 Å². The molecule has 4 nitrogen and oxygen atoms in total. The molecule has 18 heavy (non-hydrogen) atoms. The van der Waals surface area contributed by atoms with Crippen molar-refractivity contribution >= 4 is 0 Å². The summed E-state index contributed by atoms with van der Waals surface area (Å²) in [6, 6.07) is 0. The van der Waals surface area contributed by atoms with E-state index < -0.39 is 5.54 Å². The molecule has 0 aliphatic heterocycles. The van der Waals surface area contributed by atoms with Crippen molar-refractivity contribution < 1.29 is 4.52 Å². The standard InChI is InChI=1S/C14H27N3O/c1-7-14(15,8-2)13-16-12(18-17-13)11(9(3)4)10(5)6/h9-11H,7-8,15H2,1-6H3. The molecule has 1 rings (SSSR count). The van der Waals surface area contributed by atoms with Gasteiger partial charge in [-0.05, 0) is 24.7 Å². The van der Waals surface area contributed by atoms with E-state index in [9.17, 15) is 0 Å². The number of hydrogen-bond donors (Lipinski definition) is 1. The molecule has 0 saturated carbocycles. The molecule has 1 heterocycles. The highest BCUT2D eigenvalue weighted by Crippen LogP contribution is 2.32. The maximum atomic E-state index is 6.30. The lowest BCUT2D eigenvalue weighted by molar-refractivity contribution is 0.273. The lowest BCUT2D eigenvalue weighted by Crippen LogP contribution is -2.36. The van der Waals surface area contributed by atoms with Crippen LogP contribution >= 0.6 is 0 Å². The average molecular weight is 253 g/mol. The molecule has 0 atom stereocenters. The molecule has 0 aliphatic carbocycles. The van der Waals surface area contributed by atoms with Crippen molar-refractivity contribution in [2.45, 2.75) is 65.8 Å². The molecular formula is C14H27N3O. The first-order chi connectivity index (χ1) is 8.35. The minimum Gasteiger partial charge on any atom is -0.339 e. The van der Waals surface area contributed by atoms with Crippen molar-refractivity contribution in [3.63, 3.8) is 0 Å². The van der Waals surface area contributed by atoms with Gasteiger partial charge in [0.05, 0.1) is 5.54 Å². The average Bonchev–Trinajstić information content (AvgIpc) is 2.76. The first-order valence-corrected chi connectivity index (χ1v) is 6.98. The highest BCUT2D eigenvalue weighted by molar-refractivity contribution is 5.06. The summed E-state index contributed by atoms with van der Waals surface area (Å²) in [6.07, 6.45) is 1.63. The van der Waals surface area contributed by atoms with Crippen LogP contribution in [0.2, 0.25) is 0 Å². The van der Waals surface area contributed by atoms with Gasteiger partial charge in [0.1, 0.15) is 0 Å². The van der Waals surface area contributed by atoms with E-state index in [0.29, 0.717) is 23.6 Å². The molecule has 0 spiro atoms. The third kappa shape index (κ3) is 2.91. The van der Waals surface area contributed by atoms with Crippen molar-refractivity contribution in [2.75, 3.05) is 0 Å². The van der Waals surface area contributed by atoms with E-state index in [1.54, 1.807) is 0 Å². The van der Waals surface area contributed by atoms with Gasteiger partial charge in [-0.3, -0.25) is 0 Å². The fraction of sp³-hybridized carbons (Fsp3) is 0.857. The van der Waals surface area contributed by atoms with Crippen LogP contribution < -0.4 is 5.73 Å². The normalized spacial score (nSPS) is 13.0. The molecule has 4 heteroatoms. The third-order valence-corrected chi connectivity index (χ3v) is 3.87. The van der Waals surface area contributed by atoms with E-state index >= 15 is 0 Å². The zero-order valence-electron chi connectivity index (χ0n) is 12.5. The second-order valence-electron chi connectivity index (χ2n) is 5.83. The summed E-state index contributed by atoms with van der Waals surface area (Å²) >= 11 is 0. The fourth-order valence-corrected chi connectivity index (χ4v) is 2.48.